The molecule has 0 aliphatic rings. The summed E-state index contributed by atoms with van der Waals surface area (Å²) in [7, 11) is 0. The van der Waals surface area contributed by atoms with Gasteiger partial charge in [-0.15, -0.1) is 0 Å². The Hall–Kier alpha value is -2.04. The summed E-state index contributed by atoms with van der Waals surface area (Å²) in [5.74, 6) is -0.298. The van der Waals surface area contributed by atoms with Crippen LogP contribution in [0.4, 0.5) is 0 Å². The van der Waals surface area contributed by atoms with Gasteiger partial charge < -0.3 is 14.8 Å². The molecule has 0 spiro atoms. The first-order valence-electron chi connectivity index (χ1n) is 7.37. The van der Waals surface area contributed by atoms with E-state index in [1.54, 1.807) is 0 Å². The van der Waals surface area contributed by atoms with Gasteiger partial charge in [0, 0.05) is 6.04 Å². The maximum atomic E-state index is 11.5. The van der Waals surface area contributed by atoms with Crippen LogP contribution in [0.3, 0.4) is 0 Å². The molecule has 122 valence electrons. The molecule has 1 N–H and O–H groups in total. The topological polar surface area (TPSA) is 64.6 Å². The van der Waals surface area contributed by atoms with Crippen LogP contribution in [0.15, 0.2) is 24.3 Å². The first-order chi connectivity index (χ1) is 10.2. The molecular weight excluding hydrogens is 282 g/mol. The highest BCUT2D eigenvalue weighted by Gasteiger charge is 2.13. The molecular formula is C17H25NO4. The molecule has 22 heavy (non-hydrogen) atoms. The normalized spacial score (nSPS) is 11.2. The summed E-state index contributed by atoms with van der Waals surface area (Å²) in [5, 5.41) is 2.64. The lowest BCUT2D eigenvalue weighted by molar-refractivity contribution is -0.150. The van der Waals surface area contributed by atoms with Gasteiger partial charge in [-0.3, -0.25) is 4.79 Å². The molecule has 5 heteroatoms. The Balaban J connectivity index is 2.37. The molecule has 1 aromatic rings. The minimum Gasteiger partial charge on any atom is -0.482 e. The fourth-order valence-corrected chi connectivity index (χ4v) is 1.74. The molecule has 0 aromatic heterocycles. The van der Waals surface area contributed by atoms with Crippen molar-refractivity contribution in [1.82, 2.24) is 5.32 Å². The Labute approximate surface area is 132 Å². The van der Waals surface area contributed by atoms with Gasteiger partial charge in [0.15, 0.2) is 13.2 Å². The third kappa shape index (κ3) is 6.61. The maximum absolute atomic E-state index is 11.5. The fourth-order valence-electron chi connectivity index (χ4n) is 1.74. The quantitative estimate of drug-likeness (QED) is 0.820. The van der Waals surface area contributed by atoms with Crippen molar-refractivity contribution in [3.8, 4) is 5.75 Å². The van der Waals surface area contributed by atoms with Gasteiger partial charge in [0.2, 0.25) is 0 Å². The number of ether oxygens (including phenoxy) is 2. The Morgan fingerprint density at radius 1 is 1.09 bits per heavy atom. The van der Waals surface area contributed by atoms with E-state index in [-0.39, 0.29) is 30.6 Å². The highest BCUT2D eigenvalue weighted by molar-refractivity contribution is 5.81. The molecule has 1 rings (SSSR count). The monoisotopic (exact) mass is 307 g/mol. The zero-order valence-corrected chi connectivity index (χ0v) is 13.9. The van der Waals surface area contributed by atoms with Gasteiger partial charge in [0.25, 0.3) is 5.91 Å². The van der Waals surface area contributed by atoms with Crippen molar-refractivity contribution >= 4 is 11.9 Å². The molecule has 0 saturated carbocycles. The van der Waals surface area contributed by atoms with E-state index >= 15 is 0 Å². The molecule has 0 heterocycles. The Morgan fingerprint density at radius 2 is 1.68 bits per heavy atom. The zero-order chi connectivity index (χ0) is 16.8. The van der Waals surface area contributed by atoms with Crippen LogP contribution in [0.25, 0.3) is 0 Å². The molecule has 5 nitrogen and oxygen atoms in total. The summed E-state index contributed by atoms with van der Waals surface area (Å²) in [6, 6.07) is 7.59. The van der Waals surface area contributed by atoms with Gasteiger partial charge >= 0.3 is 5.97 Å². The Kier molecular flexibility index (Phi) is 6.40. The first-order valence-corrected chi connectivity index (χ1v) is 7.37. The van der Waals surface area contributed by atoms with Crippen LogP contribution in [0.5, 0.6) is 5.75 Å². The SMILES string of the molecule is CC(C)NC(=O)COC(=O)COc1ccc(C(C)(C)C)cc1. The summed E-state index contributed by atoms with van der Waals surface area (Å²) in [6.07, 6.45) is 0. The molecule has 0 atom stereocenters. The van der Waals surface area contributed by atoms with Crippen LogP contribution in [0.1, 0.15) is 40.2 Å². The van der Waals surface area contributed by atoms with Crippen molar-refractivity contribution < 1.29 is 19.1 Å². The number of hydrogen-bond acceptors (Lipinski definition) is 4. The van der Waals surface area contributed by atoms with Crippen LogP contribution in [0.2, 0.25) is 0 Å². The van der Waals surface area contributed by atoms with Crippen LogP contribution in [-0.4, -0.2) is 31.1 Å². The number of carbonyl (C=O) groups is 2. The van der Waals surface area contributed by atoms with Crippen LogP contribution < -0.4 is 10.1 Å². The van der Waals surface area contributed by atoms with E-state index in [0.29, 0.717) is 5.75 Å². The first kappa shape index (κ1) is 18.0. The van der Waals surface area contributed by atoms with E-state index in [0.717, 1.165) is 0 Å². The highest BCUT2D eigenvalue weighted by Crippen LogP contribution is 2.24. The number of benzene rings is 1. The van der Waals surface area contributed by atoms with Crippen LogP contribution >= 0.6 is 0 Å². The number of hydrogen-bond donors (Lipinski definition) is 1. The summed E-state index contributed by atoms with van der Waals surface area (Å²) >= 11 is 0. The number of esters is 1. The fraction of sp³-hybridized carbons (Fsp3) is 0.529. The number of carbonyl (C=O) groups excluding carboxylic acids is 2. The van der Waals surface area contributed by atoms with Gasteiger partial charge in [-0.25, -0.2) is 4.79 Å². The van der Waals surface area contributed by atoms with Crippen molar-refractivity contribution in [3.05, 3.63) is 29.8 Å². The largest absolute Gasteiger partial charge is 0.482 e. The Bertz CT molecular complexity index is 500. The molecule has 0 fully saturated rings. The van der Waals surface area contributed by atoms with Crippen LogP contribution in [0, 0.1) is 0 Å². The predicted octanol–water partition coefficient (Wildman–Crippen LogP) is 2.43. The summed E-state index contributed by atoms with van der Waals surface area (Å²) < 4.78 is 10.2. The van der Waals surface area contributed by atoms with Crippen molar-refractivity contribution in [1.29, 1.82) is 0 Å². The zero-order valence-electron chi connectivity index (χ0n) is 13.9. The predicted molar refractivity (Wildman–Crippen MR) is 84.9 cm³/mol. The van der Waals surface area contributed by atoms with E-state index in [2.05, 4.69) is 26.1 Å². The second kappa shape index (κ2) is 7.82. The number of amides is 1. The lowest BCUT2D eigenvalue weighted by Gasteiger charge is -2.19. The van der Waals surface area contributed by atoms with Gasteiger partial charge in [-0.1, -0.05) is 32.9 Å². The van der Waals surface area contributed by atoms with Crippen molar-refractivity contribution in [2.45, 2.75) is 46.1 Å². The average Bonchev–Trinajstić information content (AvgIpc) is 2.41. The Morgan fingerprint density at radius 3 is 2.18 bits per heavy atom. The summed E-state index contributed by atoms with van der Waals surface area (Å²) in [5.41, 5.74) is 1.26. The van der Waals surface area contributed by atoms with Gasteiger partial charge in [0.05, 0.1) is 0 Å². The van der Waals surface area contributed by atoms with E-state index < -0.39 is 5.97 Å². The van der Waals surface area contributed by atoms with E-state index in [9.17, 15) is 9.59 Å². The van der Waals surface area contributed by atoms with Crippen molar-refractivity contribution in [2.24, 2.45) is 0 Å². The van der Waals surface area contributed by atoms with Crippen molar-refractivity contribution in [3.63, 3.8) is 0 Å². The third-order valence-electron chi connectivity index (χ3n) is 2.89. The molecule has 0 aliphatic carbocycles. The lowest BCUT2D eigenvalue weighted by Crippen LogP contribution is -2.34. The molecule has 0 aliphatic heterocycles. The minimum absolute atomic E-state index is 0.0174. The molecule has 1 aromatic carbocycles. The second-order valence-electron chi connectivity index (χ2n) is 6.45. The highest BCUT2D eigenvalue weighted by atomic mass is 16.6. The molecule has 0 unspecified atom stereocenters. The van der Waals surface area contributed by atoms with Gasteiger partial charge in [-0.05, 0) is 37.0 Å². The van der Waals surface area contributed by atoms with E-state index in [1.807, 2.05) is 38.1 Å². The second-order valence-corrected chi connectivity index (χ2v) is 6.45. The third-order valence-corrected chi connectivity index (χ3v) is 2.89. The average molecular weight is 307 g/mol. The smallest absolute Gasteiger partial charge is 0.344 e. The van der Waals surface area contributed by atoms with Gasteiger partial charge in [0.1, 0.15) is 5.75 Å². The van der Waals surface area contributed by atoms with Gasteiger partial charge in [-0.2, -0.15) is 0 Å². The number of nitrogens with one attached hydrogen (secondary N) is 1. The van der Waals surface area contributed by atoms with Crippen molar-refractivity contribution in [2.75, 3.05) is 13.2 Å². The lowest BCUT2D eigenvalue weighted by atomic mass is 9.87. The molecule has 0 saturated heterocycles. The standard InChI is InChI=1S/C17H25NO4/c1-12(2)18-15(19)10-22-16(20)11-21-14-8-6-13(7-9-14)17(3,4)5/h6-9,12H,10-11H2,1-5H3,(H,18,19). The van der Waals surface area contributed by atoms with E-state index in [1.165, 1.54) is 5.56 Å². The maximum Gasteiger partial charge on any atom is 0.344 e. The van der Waals surface area contributed by atoms with E-state index in [4.69, 9.17) is 9.47 Å². The minimum atomic E-state index is -0.571. The van der Waals surface area contributed by atoms with Crippen LogP contribution in [-0.2, 0) is 19.7 Å². The summed E-state index contributed by atoms with van der Waals surface area (Å²) in [4.78, 5) is 22.8. The summed E-state index contributed by atoms with van der Waals surface area (Å²) in [6.45, 7) is 9.55. The molecule has 0 bridgehead atoms. The number of rotatable bonds is 6. The molecule has 1 amide bonds. The molecule has 0 radical (unpaired) electrons.